The summed E-state index contributed by atoms with van der Waals surface area (Å²) < 4.78 is -1.09. The van der Waals surface area contributed by atoms with Crippen molar-refractivity contribution in [2.75, 3.05) is 5.75 Å². The highest BCUT2D eigenvalue weighted by molar-refractivity contribution is 7.98. The summed E-state index contributed by atoms with van der Waals surface area (Å²) in [7, 11) is 0. The van der Waals surface area contributed by atoms with Gasteiger partial charge in [-0.25, -0.2) is 0 Å². The van der Waals surface area contributed by atoms with E-state index in [1.54, 1.807) is 0 Å². The Kier molecular flexibility index (Phi) is 2.31. The Balaban J connectivity index is 2.54. The molecule has 1 aromatic heterocycles. The van der Waals surface area contributed by atoms with Crippen molar-refractivity contribution in [3.63, 3.8) is 0 Å². The molecule has 0 saturated carbocycles. The van der Waals surface area contributed by atoms with Gasteiger partial charge in [0.05, 0.1) is 15.7 Å². The summed E-state index contributed by atoms with van der Waals surface area (Å²) in [5, 5.41) is 30.4. The monoisotopic (exact) mass is 239 g/mol. The first-order valence-electron chi connectivity index (χ1n) is 3.46. The second kappa shape index (κ2) is 3.09. The first-order chi connectivity index (χ1) is 6.00. The van der Waals surface area contributed by atoms with Crippen molar-refractivity contribution in [2.45, 2.75) is 6.10 Å². The van der Waals surface area contributed by atoms with Crippen molar-refractivity contribution in [1.29, 1.82) is 0 Å². The van der Waals surface area contributed by atoms with Crippen LogP contribution in [0.5, 0.6) is 0 Å². The lowest BCUT2D eigenvalue weighted by atomic mass is 10.2. The van der Waals surface area contributed by atoms with Crippen LogP contribution in [0.15, 0.2) is 6.07 Å². The van der Waals surface area contributed by atoms with Gasteiger partial charge in [0.1, 0.15) is 18.1 Å². The minimum atomic E-state index is -1.50. The van der Waals surface area contributed by atoms with Crippen LogP contribution in [0.1, 0.15) is 11.7 Å². The highest BCUT2D eigenvalue weighted by atomic mass is 35.5. The van der Waals surface area contributed by atoms with Crippen molar-refractivity contribution < 1.29 is 10.3 Å². The number of nitrogens with zero attached hydrogens (tertiary/aromatic N) is 1. The Morgan fingerprint density at radius 1 is 1.69 bits per heavy atom. The van der Waals surface area contributed by atoms with Crippen LogP contribution in [0, 0.1) is 5.21 Å². The maximum atomic E-state index is 11.4. The zero-order valence-corrected chi connectivity index (χ0v) is 8.70. The molecule has 13 heavy (non-hydrogen) atoms. The highest BCUT2D eigenvalue weighted by Crippen LogP contribution is 2.48. The quantitative estimate of drug-likeness (QED) is 0.414. The van der Waals surface area contributed by atoms with Crippen LogP contribution in [0.2, 0.25) is 4.34 Å². The normalized spacial score (nSPS) is 33.1. The first-order valence-corrected chi connectivity index (χ1v) is 5.59. The van der Waals surface area contributed by atoms with Gasteiger partial charge < -0.3 is 10.3 Å². The van der Waals surface area contributed by atoms with E-state index >= 15 is 0 Å². The van der Waals surface area contributed by atoms with Crippen LogP contribution in [-0.2, 0) is 0 Å². The van der Waals surface area contributed by atoms with Crippen LogP contribution >= 0.6 is 34.9 Å². The molecule has 2 N–H and O–H groups in total. The fraction of sp³-hybridized carbons (Fsp3) is 0.333. The van der Waals surface area contributed by atoms with E-state index in [-0.39, 0.29) is 10.8 Å². The Bertz CT molecular complexity index is 341. The number of quaternary nitrogens is 1. The minimum Gasteiger partial charge on any atom is -0.580 e. The second-order valence-corrected chi connectivity index (χ2v) is 5.39. The van der Waals surface area contributed by atoms with E-state index in [0.29, 0.717) is 9.90 Å². The predicted octanol–water partition coefficient (Wildman–Crippen LogP) is 2.29. The number of aliphatic hydroxyl groups excluding tert-OH is 1. The third-order valence-corrected chi connectivity index (χ3v) is 4.18. The number of halogens is 1. The Morgan fingerprint density at radius 2 is 2.38 bits per heavy atom. The molecule has 0 aromatic carbocycles. The molecule has 2 rings (SSSR count). The number of rotatable bonds is 0. The summed E-state index contributed by atoms with van der Waals surface area (Å²) in [6.45, 7) is 0. The molecule has 2 unspecified atom stereocenters. The van der Waals surface area contributed by atoms with Crippen molar-refractivity contribution in [1.82, 2.24) is 4.21 Å². The zero-order chi connectivity index (χ0) is 9.64. The zero-order valence-electron chi connectivity index (χ0n) is 6.31. The van der Waals surface area contributed by atoms with Crippen molar-refractivity contribution in [3.8, 4) is 0 Å². The van der Waals surface area contributed by atoms with Crippen LogP contribution in [-0.4, -0.2) is 16.1 Å². The molecule has 1 aliphatic rings. The molecule has 7 heteroatoms. The molecule has 72 valence electrons. The second-order valence-electron chi connectivity index (χ2n) is 2.64. The van der Waals surface area contributed by atoms with E-state index in [9.17, 15) is 15.5 Å². The topological polar surface area (TPSA) is 63.5 Å². The van der Waals surface area contributed by atoms with Gasteiger partial charge in [-0.2, -0.15) is 5.21 Å². The molecular weight excluding hydrogens is 234 g/mol. The summed E-state index contributed by atoms with van der Waals surface area (Å²) in [5.74, 6) is 0.181. The van der Waals surface area contributed by atoms with Crippen LogP contribution in [0.4, 0.5) is 5.00 Å². The molecule has 2 heterocycles. The Labute approximate surface area is 87.6 Å². The third-order valence-electron chi connectivity index (χ3n) is 1.73. The molecular formula is C6H6ClNO3S2. The number of fused-ring (bicyclic) bond motifs is 1. The van der Waals surface area contributed by atoms with E-state index in [0.717, 1.165) is 23.3 Å². The number of hydrogen-bond acceptors (Lipinski definition) is 5. The fourth-order valence-electron chi connectivity index (χ4n) is 1.14. The summed E-state index contributed by atoms with van der Waals surface area (Å²) >= 11 is 7.40. The molecule has 2 atom stereocenters. The summed E-state index contributed by atoms with van der Waals surface area (Å²) in [6, 6.07) is 1.52. The van der Waals surface area contributed by atoms with Gasteiger partial charge in [0.15, 0.2) is 0 Å². The number of hydrogen-bond donors (Lipinski definition) is 2. The van der Waals surface area contributed by atoms with E-state index in [4.69, 9.17) is 11.6 Å². The lowest BCUT2D eigenvalue weighted by Crippen LogP contribution is -2.35. The smallest absolute Gasteiger partial charge is 0.240 e. The SMILES string of the molecule is [O-][N+]1(O)SCC(O)c2cc(Cl)sc21. The maximum Gasteiger partial charge on any atom is 0.240 e. The molecule has 0 aliphatic carbocycles. The Morgan fingerprint density at radius 3 is 3.00 bits per heavy atom. The van der Waals surface area contributed by atoms with Crippen LogP contribution in [0.3, 0.4) is 0 Å². The standard InChI is InChI=1S/C6H6ClNO3S2/c7-5-1-3-4(9)2-12-8(10,11)6(3)13-5/h1,4,9-10H,2H2. The fourth-order valence-corrected chi connectivity index (χ4v) is 3.30. The highest BCUT2D eigenvalue weighted by Gasteiger charge is 2.37. The molecule has 0 saturated heterocycles. The summed E-state index contributed by atoms with van der Waals surface area (Å²) in [6.07, 6.45) is -0.712. The van der Waals surface area contributed by atoms with Crippen LogP contribution in [0.25, 0.3) is 0 Å². The first kappa shape index (κ1) is 9.72. The maximum absolute atomic E-state index is 11.4. The van der Waals surface area contributed by atoms with Gasteiger partial charge in [-0.15, -0.1) is 4.21 Å². The molecule has 0 fully saturated rings. The average Bonchev–Trinajstić information content (AvgIpc) is 2.42. The van der Waals surface area contributed by atoms with Gasteiger partial charge >= 0.3 is 0 Å². The third kappa shape index (κ3) is 1.59. The molecule has 1 aromatic rings. The lowest BCUT2D eigenvalue weighted by molar-refractivity contribution is 0.0681. The van der Waals surface area contributed by atoms with E-state index < -0.39 is 10.3 Å². The van der Waals surface area contributed by atoms with Crippen molar-refractivity contribution >= 4 is 39.9 Å². The van der Waals surface area contributed by atoms with Crippen molar-refractivity contribution in [3.05, 3.63) is 21.2 Å². The van der Waals surface area contributed by atoms with Crippen molar-refractivity contribution in [2.24, 2.45) is 0 Å². The van der Waals surface area contributed by atoms with Crippen LogP contribution < -0.4 is 4.21 Å². The summed E-state index contributed by atoms with van der Waals surface area (Å²) in [5.41, 5.74) is 0.436. The van der Waals surface area contributed by atoms with E-state index in [2.05, 4.69) is 0 Å². The predicted molar refractivity (Wildman–Crippen MR) is 53.7 cm³/mol. The number of thiophene rings is 1. The van der Waals surface area contributed by atoms with Gasteiger partial charge in [0, 0.05) is 0 Å². The van der Waals surface area contributed by atoms with Gasteiger partial charge in [0.25, 0.3) is 0 Å². The van der Waals surface area contributed by atoms with Gasteiger partial charge in [-0.3, -0.25) is 0 Å². The van der Waals surface area contributed by atoms with Gasteiger partial charge in [-0.1, -0.05) is 22.9 Å². The summed E-state index contributed by atoms with van der Waals surface area (Å²) in [4.78, 5) is 0. The molecule has 0 radical (unpaired) electrons. The minimum absolute atomic E-state index is 0.161. The number of aliphatic hydroxyl groups is 1. The largest absolute Gasteiger partial charge is 0.580 e. The van der Waals surface area contributed by atoms with E-state index in [1.165, 1.54) is 6.07 Å². The Hall–Kier alpha value is 0.180. The molecule has 0 spiro atoms. The molecule has 0 bridgehead atoms. The molecule has 1 aliphatic heterocycles. The average molecular weight is 240 g/mol. The lowest BCUT2D eigenvalue weighted by Gasteiger charge is -2.33. The van der Waals surface area contributed by atoms with E-state index in [1.807, 2.05) is 0 Å². The van der Waals surface area contributed by atoms with Gasteiger partial charge in [-0.05, 0) is 6.07 Å². The molecule has 0 amide bonds. The molecule has 4 nitrogen and oxygen atoms in total. The van der Waals surface area contributed by atoms with Gasteiger partial charge in [0.2, 0.25) is 5.00 Å².